The lowest BCUT2D eigenvalue weighted by atomic mass is 10.1. The van der Waals surface area contributed by atoms with E-state index in [0.29, 0.717) is 13.1 Å². The molecular weight excluding hydrogens is 252 g/mol. The van der Waals surface area contributed by atoms with Crippen LogP contribution in [0.4, 0.5) is 0 Å². The van der Waals surface area contributed by atoms with Gasteiger partial charge in [0, 0.05) is 32.4 Å². The fourth-order valence-electron chi connectivity index (χ4n) is 2.39. The van der Waals surface area contributed by atoms with Gasteiger partial charge in [0.2, 0.25) is 0 Å². The molecule has 0 unspecified atom stereocenters. The zero-order valence-electron chi connectivity index (χ0n) is 12.2. The van der Waals surface area contributed by atoms with E-state index in [4.69, 9.17) is 4.74 Å². The smallest absolute Gasteiger partial charge is 0.255 e. The second-order valence-electron chi connectivity index (χ2n) is 4.80. The van der Waals surface area contributed by atoms with E-state index in [1.54, 1.807) is 7.11 Å². The van der Waals surface area contributed by atoms with Crippen LogP contribution >= 0.6 is 0 Å². The summed E-state index contributed by atoms with van der Waals surface area (Å²) in [6.07, 6.45) is 0.950. The molecule has 0 amide bonds. The monoisotopic (exact) mass is 274 g/mol. The van der Waals surface area contributed by atoms with E-state index in [9.17, 15) is 4.79 Å². The van der Waals surface area contributed by atoms with E-state index in [1.165, 1.54) is 0 Å². The van der Waals surface area contributed by atoms with E-state index in [0.717, 1.165) is 36.0 Å². The fraction of sp³-hybridized carbons (Fsp3) is 0.438. The molecule has 0 radical (unpaired) electrons. The molecule has 0 aliphatic heterocycles. The third-order valence-electron chi connectivity index (χ3n) is 3.41. The zero-order valence-corrected chi connectivity index (χ0v) is 12.2. The second-order valence-corrected chi connectivity index (χ2v) is 4.80. The average Bonchev–Trinajstić information content (AvgIpc) is 2.47. The predicted molar refractivity (Wildman–Crippen MR) is 82.1 cm³/mol. The zero-order chi connectivity index (χ0) is 14.4. The molecule has 0 saturated carbocycles. The van der Waals surface area contributed by atoms with Crippen LogP contribution in [0, 0.1) is 0 Å². The molecule has 0 aliphatic carbocycles. The standard InChI is InChI=1S/C16H22N2O2/c1-3-18-15-8-5-4-7-13(15)11-14(16(18)19)12-17-9-6-10-20-2/h4-5,7-8,11,17H,3,6,9-10,12H2,1-2H3. The molecule has 0 bridgehead atoms. The Labute approximate surface area is 119 Å². The first-order valence-corrected chi connectivity index (χ1v) is 7.09. The molecular formula is C16H22N2O2. The maximum Gasteiger partial charge on any atom is 0.255 e. The molecule has 108 valence electrons. The number of para-hydroxylation sites is 1. The normalized spacial score (nSPS) is 11.1. The maximum absolute atomic E-state index is 12.4. The third-order valence-corrected chi connectivity index (χ3v) is 3.41. The Bertz CT molecular complexity index is 619. The first kappa shape index (κ1) is 14.8. The minimum atomic E-state index is 0.102. The van der Waals surface area contributed by atoms with Crippen molar-refractivity contribution >= 4 is 10.9 Å². The third kappa shape index (κ3) is 3.26. The van der Waals surface area contributed by atoms with Crippen molar-refractivity contribution in [2.75, 3.05) is 20.3 Å². The number of benzene rings is 1. The summed E-state index contributed by atoms with van der Waals surface area (Å²) in [5.41, 5.74) is 1.93. The highest BCUT2D eigenvalue weighted by Crippen LogP contribution is 2.13. The largest absolute Gasteiger partial charge is 0.385 e. The number of ether oxygens (including phenoxy) is 1. The Kier molecular flexibility index (Phi) is 5.32. The average molecular weight is 274 g/mol. The van der Waals surface area contributed by atoms with Gasteiger partial charge in [-0.05, 0) is 37.4 Å². The van der Waals surface area contributed by atoms with Gasteiger partial charge in [0.05, 0.1) is 5.52 Å². The SMILES string of the molecule is CCn1c(=O)c(CNCCCOC)cc2ccccc21. The summed E-state index contributed by atoms with van der Waals surface area (Å²) in [5.74, 6) is 0. The maximum atomic E-state index is 12.4. The van der Waals surface area contributed by atoms with Crippen molar-refractivity contribution in [2.24, 2.45) is 0 Å². The van der Waals surface area contributed by atoms with Crippen LogP contribution in [0.15, 0.2) is 35.1 Å². The number of aromatic nitrogens is 1. The minimum Gasteiger partial charge on any atom is -0.385 e. The lowest BCUT2D eigenvalue weighted by Crippen LogP contribution is -2.27. The molecule has 2 rings (SSSR count). The van der Waals surface area contributed by atoms with Gasteiger partial charge in [-0.15, -0.1) is 0 Å². The lowest BCUT2D eigenvalue weighted by Gasteiger charge is -2.11. The molecule has 1 aromatic carbocycles. The highest BCUT2D eigenvalue weighted by molar-refractivity contribution is 5.79. The van der Waals surface area contributed by atoms with Gasteiger partial charge >= 0.3 is 0 Å². The summed E-state index contributed by atoms with van der Waals surface area (Å²) >= 11 is 0. The Morgan fingerprint density at radius 2 is 2.10 bits per heavy atom. The molecule has 0 aliphatic rings. The molecule has 0 atom stereocenters. The van der Waals surface area contributed by atoms with Crippen LogP contribution in [0.25, 0.3) is 10.9 Å². The molecule has 0 fully saturated rings. The lowest BCUT2D eigenvalue weighted by molar-refractivity contribution is 0.194. The molecule has 1 N–H and O–H groups in total. The number of methoxy groups -OCH3 is 1. The van der Waals surface area contributed by atoms with Gasteiger partial charge in [0.25, 0.3) is 5.56 Å². The van der Waals surface area contributed by atoms with Crippen molar-refractivity contribution in [3.63, 3.8) is 0 Å². The highest BCUT2D eigenvalue weighted by Gasteiger charge is 2.07. The van der Waals surface area contributed by atoms with Crippen LogP contribution in [0.5, 0.6) is 0 Å². The second kappa shape index (κ2) is 7.22. The summed E-state index contributed by atoms with van der Waals surface area (Å²) in [7, 11) is 1.70. The van der Waals surface area contributed by atoms with Crippen LogP contribution in [0.2, 0.25) is 0 Å². The topological polar surface area (TPSA) is 43.3 Å². The molecule has 20 heavy (non-hydrogen) atoms. The number of rotatable bonds is 7. The summed E-state index contributed by atoms with van der Waals surface area (Å²) in [5, 5.41) is 4.41. The summed E-state index contributed by atoms with van der Waals surface area (Å²) in [4.78, 5) is 12.4. The Morgan fingerprint density at radius 1 is 1.30 bits per heavy atom. The minimum absolute atomic E-state index is 0.102. The Hall–Kier alpha value is -1.65. The van der Waals surface area contributed by atoms with Crippen molar-refractivity contribution in [1.82, 2.24) is 9.88 Å². The molecule has 0 saturated heterocycles. The van der Waals surface area contributed by atoms with Crippen molar-refractivity contribution in [3.8, 4) is 0 Å². The van der Waals surface area contributed by atoms with Crippen molar-refractivity contribution in [3.05, 3.63) is 46.2 Å². The van der Waals surface area contributed by atoms with Crippen molar-refractivity contribution < 1.29 is 4.74 Å². The molecule has 4 heteroatoms. The number of aryl methyl sites for hydroxylation is 1. The molecule has 2 aromatic rings. The van der Waals surface area contributed by atoms with Crippen molar-refractivity contribution in [1.29, 1.82) is 0 Å². The van der Waals surface area contributed by atoms with Crippen molar-refractivity contribution in [2.45, 2.75) is 26.4 Å². The summed E-state index contributed by atoms with van der Waals surface area (Å²) in [6, 6.07) is 10.0. The van der Waals surface area contributed by atoms with E-state index in [2.05, 4.69) is 11.4 Å². The van der Waals surface area contributed by atoms with Crippen LogP contribution in [-0.2, 0) is 17.8 Å². The number of hydrogen-bond donors (Lipinski definition) is 1. The van der Waals surface area contributed by atoms with Crippen LogP contribution < -0.4 is 10.9 Å². The van der Waals surface area contributed by atoms with Gasteiger partial charge < -0.3 is 14.6 Å². The number of nitrogens with zero attached hydrogens (tertiary/aromatic N) is 1. The van der Waals surface area contributed by atoms with E-state index >= 15 is 0 Å². The Balaban J connectivity index is 2.21. The number of fused-ring (bicyclic) bond motifs is 1. The van der Waals surface area contributed by atoms with Gasteiger partial charge in [0.1, 0.15) is 0 Å². The quantitative estimate of drug-likeness (QED) is 0.787. The first-order valence-electron chi connectivity index (χ1n) is 7.09. The predicted octanol–water partition coefficient (Wildman–Crippen LogP) is 2.15. The molecule has 0 spiro atoms. The van der Waals surface area contributed by atoms with Gasteiger partial charge in [-0.1, -0.05) is 18.2 Å². The number of nitrogens with one attached hydrogen (secondary N) is 1. The van der Waals surface area contributed by atoms with Gasteiger partial charge in [0.15, 0.2) is 0 Å². The van der Waals surface area contributed by atoms with E-state index < -0.39 is 0 Å². The fourth-order valence-corrected chi connectivity index (χ4v) is 2.39. The van der Waals surface area contributed by atoms with Crippen LogP contribution in [-0.4, -0.2) is 24.8 Å². The molecule has 1 aromatic heterocycles. The van der Waals surface area contributed by atoms with E-state index in [1.807, 2.05) is 35.8 Å². The first-order chi connectivity index (χ1) is 9.77. The molecule has 4 nitrogen and oxygen atoms in total. The number of pyridine rings is 1. The highest BCUT2D eigenvalue weighted by atomic mass is 16.5. The Morgan fingerprint density at radius 3 is 2.85 bits per heavy atom. The molecule has 1 heterocycles. The van der Waals surface area contributed by atoms with Crippen LogP contribution in [0.3, 0.4) is 0 Å². The van der Waals surface area contributed by atoms with Gasteiger partial charge in [-0.25, -0.2) is 0 Å². The summed E-state index contributed by atoms with van der Waals surface area (Å²) in [6.45, 7) is 4.89. The van der Waals surface area contributed by atoms with Gasteiger partial charge in [-0.2, -0.15) is 0 Å². The summed E-state index contributed by atoms with van der Waals surface area (Å²) < 4.78 is 6.84. The number of hydrogen-bond acceptors (Lipinski definition) is 3. The van der Waals surface area contributed by atoms with E-state index in [-0.39, 0.29) is 5.56 Å². The van der Waals surface area contributed by atoms with Gasteiger partial charge in [-0.3, -0.25) is 4.79 Å². The van der Waals surface area contributed by atoms with Crippen LogP contribution in [0.1, 0.15) is 18.9 Å².